The second-order valence-electron chi connectivity index (χ2n) is 4.11. The van der Waals surface area contributed by atoms with Crippen molar-refractivity contribution in [2.24, 2.45) is 0 Å². The van der Waals surface area contributed by atoms with Crippen LogP contribution >= 0.6 is 24.0 Å². The summed E-state index contributed by atoms with van der Waals surface area (Å²) < 4.78 is 70.2. The number of hydrogen-bond acceptors (Lipinski definition) is 2. The predicted octanol–water partition coefficient (Wildman–Crippen LogP) is 4.20. The highest BCUT2D eigenvalue weighted by molar-refractivity contribution is 6.31. The Morgan fingerprint density at radius 3 is 2.52 bits per heavy atom. The van der Waals surface area contributed by atoms with Gasteiger partial charge in [0.2, 0.25) is 0 Å². The van der Waals surface area contributed by atoms with Gasteiger partial charge in [-0.15, -0.1) is 12.4 Å². The van der Waals surface area contributed by atoms with Gasteiger partial charge in [-0.2, -0.15) is 13.2 Å². The van der Waals surface area contributed by atoms with Gasteiger partial charge in [-0.1, -0.05) is 17.7 Å². The summed E-state index contributed by atoms with van der Waals surface area (Å²) in [6.07, 6.45) is -6.10. The molecule has 3 nitrogen and oxygen atoms in total. The maximum absolute atomic E-state index is 13.7. The van der Waals surface area contributed by atoms with Crippen LogP contribution in [-0.4, -0.2) is 18.6 Å². The fourth-order valence-electron chi connectivity index (χ4n) is 1.87. The number of cyclic esters (lactones) is 1. The van der Waals surface area contributed by atoms with Crippen LogP contribution in [0.25, 0.3) is 0 Å². The van der Waals surface area contributed by atoms with E-state index in [4.69, 9.17) is 11.6 Å². The van der Waals surface area contributed by atoms with Gasteiger partial charge in [0, 0.05) is 10.6 Å². The first kappa shape index (κ1) is 17.8. The molecule has 0 aliphatic carbocycles. The Kier molecular flexibility index (Phi) is 4.94. The average Bonchev–Trinajstić information content (AvgIpc) is 2.31. The molecule has 1 amide bonds. The molecule has 1 aromatic carbocycles. The molecule has 0 saturated carbocycles. The molecule has 1 N–H and O–H groups in total. The van der Waals surface area contributed by atoms with E-state index in [0.717, 1.165) is 12.1 Å². The first-order valence-electron chi connectivity index (χ1n) is 5.29. The van der Waals surface area contributed by atoms with Crippen LogP contribution in [0.5, 0.6) is 0 Å². The molecule has 0 bridgehead atoms. The number of carbonyl (C=O) groups excluding carboxylic acids is 1. The Morgan fingerprint density at radius 1 is 1.33 bits per heavy atom. The molecule has 2 rings (SSSR count). The highest BCUT2D eigenvalue weighted by Gasteiger charge is 2.50. The first-order chi connectivity index (χ1) is 9.13. The van der Waals surface area contributed by atoms with Gasteiger partial charge in [-0.25, -0.2) is 13.6 Å². The van der Waals surface area contributed by atoms with Gasteiger partial charge in [-0.3, -0.25) is 0 Å². The predicted molar refractivity (Wildman–Crippen MR) is 65.9 cm³/mol. The number of alkyl halides is 5. The van der Waals surface area contributed by atoms with Crippen molar-refractivity contribution in [3.8, 4) is 0 Å². The number of halogens is 7. The standard InChI is InChI=1S/C11H7ClF5NO2.ClH/c12-6-3-1-2-5(11(15,16)17)7(6)8-10(13,14)4-20-9(19)18-8;/h1-3,8H,4H2,(H,18,19);1H/t8-;/m1./s1. The third-order valence-electron chi connectivity index (χ3n) is 2.73. The third-order valence-corrected chi connectivity index (χ3v) is 3.06. The van der Waals surface area contributed by atoms with Crippen LogP contribution in [0.2, 0.25) is 5.02 Å². The Morgan fingerprint density at radius 2 is 1.95 bits per heavy atom. The maximum atomic E-state index is 13.7. The van der Waals surface area contributed by atoms with Crippen molar-refractivity contribution < 1.29 is 31.5 Å². The van der Waals surface area contributed by atoms with Gasteiger partial charge >= 0.3 is 18.2 Å². The summed E-state index contributed by atoms with van der Waals surface area (Å²) in [6, 6.07) is 0.463. The SMILES string of the molecule is Cl.O=C1N[C@H](c2c(Cl)cccc2C(F)(F)F)C(F)(F)CO1. The maximum Gasteiger partial charge on any atom is 0.416 e. The second kappa shape index (κ2) is 5.84. The molecule has 1 aromatic rings. The van der Waals surface area contributed by atoms with Crippen molar-refractivity contribution in [3.05, 3.63) is 34.3 Å². The largest absolute Gasteiger partial charge is 0.443 e. The van der Waals surface area contributed by atoms with Crippen LogP contribution in [-0.2, 0) is 10.9 Å². The highest BCUT2D eigenvalue weighted by atomic mass is 35.5. The van der Waals surface area contributed by atoms with Crippen LogP contribution in [0.3, 0.4) is 0 Å². The van der Waals surface area contributed by atoms with Crippen molar-refractivity contribution >= 4 is 30.1 Å². The monoisotopic (exact) mass is 351 g/mol. The molecule has 118 valence electrons. The van der Waals surface area contributed by atoms with E-state index >= 15 is 0 Å². The molecule has 0 radical (unpaired) electrons. The quantitative estimate of drug-likeness (QED) is 0.770. The Bertz CT molecular complexity index is 550. The van der Waals surface area contributed by atoms with Crippen LogP contribution in [0, 0.1) is 0 Å². The molecule has 10 heteroatoms. The summed E-state index contributed by atoms with van der Waals surface area (Å²) in [6.45, 7) is -1.31. The van der Waals surface area contributed by atoms with Crippen LogP contribution in [0.1, 0.15) is 17.2 Å². The fraction of sp³-hybridized carbons (Fsp3) is 0.364. The number of alkyl carbamates (subject to hydrolysis) is 1. The molecule has 1 saturated heterocycles. The van der Waals surface area contributed by atoms with E-state index in [0.29, 0.717) is 6.07 Å². The molecule has 1 heterocycles. The summed E-state index contributed by atoms with van der Waals surface area (Å²) in [5.74, 6) is -3.71. The lowest BCUT2D eigenvalue weighted by Gasteiger charge is -2.33. The number of nitrogens with one attached hydrogen (secondary N) is 1. The zero-order valence-corrected chi connectivity index (χ0v) is 11.6. The molecule has 1 aliphatic heterocycles. The third kappa shape index (κ3) is 3.49. The van der Waals surface area contributed by atoms with Gasteiger partial charge < -0.3 is 10.1 Å². The zero-order valence-electron chi connectivity index (χ0n) is 10.0. The lowest BCUT2D eigenvalue weighted by Crippen LogP contribution is -2.50. The molecule has 0 unspecified atom stereocenters. The Balaban J connectivity index is 0.00000220. The minimum atomic E-state index is -4.88. The molecule has 21 heavy (non-hydrogen) atoms. The Hall–Kier alpha value is -1.28. The summed E-state index contributed by atoms with van der Waals surface area (Å²) in [7, 11) is 0. The van der Waals surface area contributed by atoms with Gasteiger partial charge in [-0.05, 0) is 12.1 Å². The van der Waals surface area contributed by atoms with Gasteiger partial charge in [0.15, 0.2) is 6.61 Å². The topological polar surface area (TPSA) is 38.3 Å². The van der Waals surface area contributed by atoms with Crippen molar-refractivity contribution in [3.63, 3.8) is 0 Å². The van der Waals surface area contributed by atoms with Crippen LogP contribution in [0.15, 0.2) is 18.2 Å². The van der Waals surface area contributed by atoms with E-state index < -0.39 is 47.0 Å². The number of ether oxygens (including phenoxy) is 1. The average molecular weight is 352 g/mol. The van der Waals surface area contributed by atoms with E-state index in [2.05, 4.69) is 4.74 Å². The fourth-order valence-corrected chi connectivity index (χ4v) is 2.15. The summed E-state index contributed by atoms with van der Waals surface area (Å²) in [5, 5.41) is 1.17. The van der Waals surface area contributed by atoms with Crippen molar-refractivity contribution in [1.29, 1.82) is 0 Å². The van der Waals surface area contributed by atoms with E-state index in [-0.39, 0.29) is 12.4 Å². The summed E-state index contributed by atoms with van der Waals surface area (Å²) >= 11 is 5.62. The van der Waals surface area contributed by atoms with E-state index in [1.807, 2.05) is 0 Å². The summed E-state index contributed by atoms with van der Waals surface area (Å²) in [5.41, 5.74) is -2.19. The molecule has 0 spiro atoms. The number of rotatable bonds is 1. The van der Waals surface area contributed by atoms with Crippen LogP contribution < -0.4 is 5.32 Å². The highest BCUT2D eigenvalue weighted by Crippen LogP contribution is 2.44. The second-order valence-corrected chi connectivity index (χ2v) is 4.52. The normalized spacial score (nSPS) is 21.0. The van der Waals surface area contributed by atoms with E-state index in [1.54, 1.807) is 5.32 Å². The van der Waals surface area contributed by atoms with Crippen LogP contribution in [0.4, 0.5) is 26.7 Å². The van der Waals surface area contributed by atoms with Gasteiger partial charge in [0.05, 0.1) is 5.56 Å². The molecule has 1 atom stereocenters. The minimum Gasteiger partial charge on any atom is -0.443 e. The van der Waals surface area contributed by atoms with E-state index in [9.17, 15) is 26.7 Å². The van der Waals surface area contributed by atoms with Crippen molar-refractivity contribution in [1.82, 2.24) is 5.32 Å². The van der Waals surface area contributed by atoms with Gasteiger partial charge in [0.25, 0.3) is 0 Å². The zero-order chi connectivity index (χ0) is 15.1. The van der Waals surface area contributed by atoms with Gasteiger partial charge in [0.1, 0.15) is 6.04 Å². The summed E-state index contributed by atoms with van der Waals surface area (Å²) in [4.78, 5) is 11.0. The molecule has 0 aromatic heterocycles. The number of benzene rings is 1. The number of amides is 1. The minimum absolute atomic E-state index is 0. The first-order valence-corrected chi connectivity index (χ1v) is 5.67. The molecule has 1 fully saturated rings. The molecular weight excluding hydrogens is 344 g/mol. The van der Waals surface area contributed by atoms with Crippen molar-refractivity contribution in [2.75, 3.05) is 6.61 Å². The van der Waals surface area contributed by atoms with E-state index in [1.165, 1.54) is 0 Å². The van der Waals surface area contributed by atoms with Crippen molar-refractivity contribution in [2.45, 2.75) is 18.1 Å². The Labute approximate surface area is 126 Å². The lowest BCUT2D eigenvalue weighted by atomic mass is 9.94. The molecule has 1 aliphatic rings. The number of hydrogen-bond donors (Lipinski definition) is 1. The lowest BCUT2D eigenvalue weighted by molar-refractivity contribution is -0.141. The smallest absolute Gasteiger partial charge is 0.416 e. The molecular formula is C11H8Cl2F5NO2. The number of carbonyl (C=O) groups is 1.